The highest BCUT2D eigenvalue weighted by atomic mass is 19.1. The Balaban J connectivity index is 2.11. The van der Waals surface area contributed by atoms with Crippen molar-refractivity contribution in [3.63, 3.8) is 0 Å². The van der Waals surface area contributed by atoms with E-state index in [2.05, 4.69) is 0 Å². The number of nitrogens with zero attached hydrogens (tertiary/aromatic N) is 2. The van der Waals surface area contributed by atoms with Gasteiger partial charge in [0.2, 0.25) is 0 Å². The number of aromatic nitrogens is 1. The third-order valence-corrected chi connectivity index (χ3v) is 3.49. The smallest absolute Gasteiger partial charge is 0.152 e. The van der Waals surface area contributed by atoms with E-state index in [1.807, 2.05) is 34.9 Å². The number of carbonyl (C=O) groups excluding carboxylic acids is 1. The Kier molecular flexibility index (Phi) is 3.25. The van der Waals surface area contributed by atoms with Crippen LogP contribution in [-0.4, -0.2) is 10.9 Å². The quantitative estimate of drug-likeness (QED) is 0.688. The first-order valence-electron chi connectivity index (χ1n) is 6.45. The van der Waals surface area contributed by atoms with Crippen LogP contribution in [0.25, 0.3) is 10.9 Å². The van der Waals surface area contributed by atoms with Gasteiger partial charge in [0.1, 0.15) is 11.9 Å². The molecule has 0 aliphatic heterocycles. The molecule has 2 aromatic carbocycles. The van der Waals surface area contributed by atoms with E-state index in [1.165, 1.54) is 6.07 Å². The highest BCUT2D eigenvalue weighted by Gasteiger charge is 2.11. The van der Waals surface area contributed by atoms with Crippen molar-refractivity contribution >= 4 is 17.2 Å². The zero-order valence-corrected chi connectivity index (χ0v) is 11.1. The predicted molar refractivity (Wildman–Crippen MR) is 77.5 cm³/mol. The third-order valence-electron chi connectivity index (χ3n) is 3.49. The van der Waals surface area contributed by atoms with Crippen molar-refractivity contribution in [2.45, 2.75) is 6.54 Å². The normalized spacial score (nSPS) is 10.5. The second-order valence-corrected chi connectivity index (χ2v) is 4.74. The molecule has 0 saturated carbocycles. The van der Waals surface area contributed by atoms with Crippen molar-refractivity contribution in [1.82, 2.24) is 4.57 Å². The van der Waals surface area contributed by atoms with Crippen LogP contribution in [0.5, 0.6) is 0 Å². The minimum atomic E-state index is -0.509. The summed E-state index contributed by atoms with van der Waals surface area (Å²) in [4.78, 5) is 11.1. The van der Waals surface area contributed by atoms with Crippen molar-refractivity contribution in [3.8, 4) is 6.07 Å². The summed E-state index contributed by atoms with van der Waals surface area (Å²) in [6.07, 6.45) is 2.50. The van der Waals surface area contributed by atoms with Crippen molar-refractivity contribution in [3.05, 3.63) is 71.2 Å². The molecule has 0 bridgehead atoms. The van der Waals surface area contributed by atoms with Crippen LogP contribution in [0.3, 0.4) is 0 Å². The Morgan fingerprint density at radius 2 is 2.00 bits per heavy atom. The Morgan fingerprint density at radius 3 is 2.76 bits per heavy atom. The molecule has 0 saturated heterocycles. The molecule has 3 aromatic rings. The molecular weight excluding hydrogens is 267 g/mol. The lowest BCUT2D eigenvalue weighted by Crippen LogP contribution is -2.02. The Bertz CT molecular complexity index is 874. The van der Waals surface area contributed by atoms with Gasteiger partial charge in [-0.25, -0.2) is 4.39 Å². The molecule has 3 rings (SSSR count). The number of hydrogen-bond acceptors (Lipinski definition) is 2. The van der Waals surface area contributed by atoms with Crippen LogP contribution in [0.1, 0.15) is 21.5 Å². The first-order chi connectivity index (χ1) is 10.2. The fourth-order valence-electron chi connectivity index (χ4n) is 2.47. The molecule has 3 nitrogen and oxygen atoms in total. The number of para-hydroxylation sites is 1. The summed E-state index contributed by atoms with van der Waals surface area (Å²) in [6, 6.07) is 14.1. The average Bonchev–Trinajstić information content (AvgIpc) is 2.87. The lowest BCUT2D eigenvalue weighted by atomic mass is 10.1. The largest absolute Gasteiger partial charge is 0.342 e. The zero-order valence-electron chi connectivity index (χ0n) is 11.1. The Morgan fingerprint density at radius 1 is 1.19 bits per heavy atom. The van der Waals surface area contributed by atoms with Crippen molar-refractivity contribution in [1.29, 1.82) is 5.26 Å². The predicted octanol–water partition coefficient (Wildman–Crippen LogP) is 3.51. The molecule has 4 heteroatoms. The molecule has 0 aliphatic carbocycles. The zero-order chi connectivity index (χ0) is 14.8. The maximum atomic E-state index is 14.1. The topological polar surface area (TPSA) is 45.8 Å². The van der Waals surface area contributed by atoms with Gasteiger partial charge in [0, 0.05) is 28.2 Å². The number of halogens is 1. The summed E-state index contributed by atoms with van der Waals surface area (Å²) in [5, 5.41) is 9.72. The molecule has 0 atom stereocenters. The summed E-state index contributed by atoms with van der Waals surface area (Å²) in [6.45, 7) is 0.274. The minimum Gasteiger partial charge on any atom is -0.342 e. The number of aldehydes is 1. The number of benzene rings is 2. The number of nitriles is 1. The van der Waals surface area contributed by atoms with Gasteiger partial charge in [0.15, 0.2) is 6.29 Å². The van der Waals surface area contributed by atoms with Gasteiger partial charge in [0.05, 0.1) is 12.1 Å². The molecule has 0 spiro atoms. The van der Waals surface area contributed by atoms with Gasteiger partial charge in [-0.1, -0.05) is 30.3 Å². The van der Waals surface area contributed by atoms with Crippen LogP contribution < -0.4 is 0 Å². The minimum absolute atomic E-state index is 0.0274. The van der Waals surface area contributed by atoms with Crippen LogP contribution in [0.4, 0.5) is 4.39 Å². The standard InChI is InChI=1S/C17H11FN2O/c18-17-12(8-19)4-3-5-13(17)9-20-10-14(11-21)15-6-1-2-7-16(15)20/h1-7,10-11H,9H2. The monoisotopic (exact) mass is 278 g/mol. The van der Waals surface area contributed by atoms with Crippen molar-refractivity contribution in [2.24, 2.45) is 0 Å². The number of hydrogen-bond donors (Lipinski definition) is 0. The molecule has 21 heavy (non-hydrogen) atoms. The Labute approximate surface area is 120 Å². The highest BCUT2D eigenvalue weighted by molar-refractivity contribution is 5.97. The van der Waals surface area contributed by atoms with Crippen LogP contribution in [-0.2, 0) is 6.54 Å². The van der Waals surface area contributed by atoms with Crippen LogP contribution in [0.15, 0.2) is 48.7 Å². The molecule has 0 unspecified atom stereocenters. The summed E-state index contributed by atoms with van der Waals surface area (Å²) in [5.74, 6) is -0.509. The highest BCUT2D eigenvalue weighted by Crippen LogP contribution is 2.22. The third kappa shape index (κ3) is 2.19. The Hall–Kier alpha value is -2.93. The van der Waals surface area contributed by atoms with Crippen LogP contribution >= 0.6 is 0 Å². The van der Waals surface area contributed by atoms with Crippen molar-refractivity contribution < 1.29 is 9.18 Å². The molecule has 1 aromatic heterocycles. The van der Waals surface area contributed by atoms with Gasteiger partial charge in [-0.3, -0.25) is 4.79 Å². The molecule has 0 N–H and O–H groups in total. The van der Waals surface area contributed by atoms with E-state index in [9.17, 15) is 9.18 Å². The van der Waals surface area contributed by atoms with E-state index < -0.39 is 5.82 Å². The SMILES string of the molecule is N#Cc1cccc(Cn2cc(C=O)c3ccccc32)c1F. The van der Waals surface area contributed by atoms with Gasteiger partial charge >= 0.3 is 0 Å². The second kappa shape index (κ2) is 5.22. The first-order valence-corrected chi connectivity index (χ1v) is 6.45. The van der Waals surface area contributed by atoms with E-state index in [0.717, 1.165) is 17.2 Å². The molecular formula is C17H11FN2O. The lowest BCUT2D eigenvalue weighted by Gasteiger charge is -2.07. The first kappa shape index (κ1) is 13.1. The molecule has 0 aliphatic rings. The van der Waals surface area contributed by atoms with E-state index in [4.69, 9.17) is 5.26 Å². The van der Waals surface area contributed by atoms with Crippen LogP contribution in [0, 0.1) is 17.1 Å². The molecule has 0 radical (unpaired) electrons. The van der Waals surface area contributed by atoms with Gasteiger partial charge in [-0.2, -0.15) is 5.26 Å². The second-order valence-electron chi connectivity index (χ2n) is 4.74. The van der Waals surface area contributed by atoms with E-state index in [1.54, 1.807) is 18.3 Å². The lowest BCUT2D eigenvalue weighted by molar-refractivity contribution is 0.112. The molecule has 1 heterocycles. The molecule has 102 valence electrons. The van der Waals surface area contributed by atoms with Gasteiger partial charge < -0.3 is 4.57 Å². The number of fused-ring (bicyclic) bond motifs is 1. The van der Waals surface area contributed by atoms with E-state index in [-0.39, 0.29) is 12.1 Å². The average molecular weight is 278 g/mol. The molecule has 0 amide bonds. The van der Waals surface area contributed by atoms with Gasteiger partial charge in [0.25, 0.3) is 0 Å². The summed E-state index contributed by atoms with van der Waals surface area (Å²) >= 11 is 0. The van der Waals surface area contributed by atoms with Gasteiger partial charge in [-0.15, -0.1) is 0 Å². The van der Waals surface area contributed by atoms with E-state index >= 15 is 0 Å². The fraction of sp³-hybridized carbons (Fsp3) is 0.0588. The summed E-state index contributed by atoms with van der Waals surface area (Å²) in [5.41, 5.74) is 1.88. The van der Waals surface area contributed by atoms with Crippen LogP contribution in [0.2, 0.25) is 0 Å². The summed E-state index contributed by atoms with van der Waals surface area (Å²) in [7, 11) is 0. The van der Waals surface area contributed by atoms with Crippen molar-refractivity contribution in [2.75, 3.05) is 0 Å². The van der Waals surface area contributed by atoms with Gasteiger partial charge in [-0.05, 0) is 12.1 Å². The van der Waals surface area contributed by atoms with E-state index in [0.29, 0.717) is 11.1 Å². The number of rotatable bonds is 3. The maximum Gasteiger partial charge on any atom is 0.152 e. The number of carbonyl (C=O) groups is 1. The summed E-state index contributed by atoms with van der Waals surface area (Å²) < 4.78 is 16.0. The molecule has 0 fully saturated rings. The fourth-order valence-corrected chi connectivity index (χ4v) is 2.47. The maximum absolute atomic E-state index is 14.1.